The highest BCUT2D eigenvalue weighted by Crippen LogP contribution is 2.41. The third-order valence-corrected chi connectivity index (χ3v) is 4.91. The van der Waals surface area contributed by atoms with Gasteiger partial charge in [0, 0.05) is 3.57 Å². The molecule has 0 aromatic heterocycles. The van der Waals surface area contributed by atoms with Crippen LogP contribution in [-0.2, 0) is 5.60 Å². The van der Waals surface area contributed by atoms with Crippen LogP contribution in [0.3, 0.4) is 0 Å². The number of halogens is 1. The highest BCUT2D eigenvalue weighted by Gasteiger charge is 2.31. The molecule has 0 spiro atoms. The molecular weight excluding hydrogens is 375 g/mol. The van der Waals surface area contributed by atoms with E-state index in [1.165, 1.54) is 9.13 Å². The van der Waals surface area contributed by atoms with Gasteiger partial charge in [0.1, 0.15) is 5.75 Å². The zero-order chi connectivity index (χ0) is 14.9. The second-order valence-electron chi connectivity index (χ2n) is 5.86. The number of aliphatic hydroxyl groups is 1. The number of hydrogen-bond acceptors (Lipinski definition) is 2. The van der Waals surface area contributed by atoms with Crippen molar-refractivity contribution in [3.63, 3.8) is 0 Å². The highest BCUT2D eigenvalue weighted by atomic mass is 127. The van der Waals surface area contributed by atoms with Crippen LogP contribution >= 0.6 is 22.6 Å². The Hall–Kier alpha value is -1.07. The number of para-hydroxylation sites is 1. The van der Waals surface area contributed by atoms with Gasteiger partial charge in [0.15, 0.2) is 0 Å². The molecule has 3 heteroatoms. The molecule has 1 heterocycles. The van der Waals surface area contributed by atoms with Crippen molar-refractivity contribution in [2.45, 2.75) is 31.3 Å². The molecule has 2 atom stereocenters. The lowest BCUT2D eigenvalue weighted by Gasteiger charge is -2.32. The Kier molecular flexibility index (Phi) is 4.22. The summed E-state index contributed by atoms with van der Waals surface area (Å²) in [5.41, 5.74) is 1.38. The van der Waals surface area contributed by atoms with Crippen molar-refractivity contribution in [2.75, 3.05) is 6.61 Å². The SMILES string of the molecule is CC(O)(CC1CCOc2ccccc21)c1ccc(I)cc1. The van der Waals surface area contributed by atoms with Gasteiger partial charge in [-0.05, 0) is 77.6 Å². The maximum Gasteiger partial charge on any atom is 0.122 e. The molecule has 0 fully saturated rings. The molecule has 2 aromatic rings. The lowest BCUT2D eigenvalue weighted by atomic mass is 9.80. The largest absolute Gasteiger partial charge is 0.493 e. The van der Waals surface area contributed by atoms with E-state index in [1.807, 2.05) is 49.4 Å². The van der Waals surface area contributed by atoms with Gasteiger partial charge in [0.25, 0.3) is 0 Å². The summed E-state index contributed by atoms with van der Waals surface area (Å²) in [4.78, 5) is 0. The summed E-state index contributed by atoms with van der Waals surface area (Å²) < 4.78 is 6.89. The molecule has 0 bridgehead atoms. The fraction of sp³-hybridized carbons (Fsp3) is 0.333. The number of fused-ring (bicyclic) bond motifs is 1. The summed E-state index contributed by atoms with van der Waals surface area (Å²) in [6.07, 6.45) is 1.67. The summed E-state index contributed by atoms with van der Waals surface area (Å²) in [7, 11) is 0. The van der Waals surface area contributed by atoms with E-state index in [-0.39, 0.29) is 0 Å². The lowest BCUT2D eigenvalue weighted by molar-refractivity contribution is 0.0352. The van der Waals surface area contributed by atoms with E-state index >= 15 is 0 Å². The summed E-state index contributed by atoms with van der Waals surface area (Å²) in [6.45, 7) is 2.64. The van der Waals surface area contributed by atoms with E-state index in [0.717, 1.165) is 24.3 Å². The Morgan fingerprint density at radius 3 is 2.67 bits per heavy atom. The standard InChI is InChI=1S/C18H19IO2/c1-18(20,14-6-8-15(19)9-7-14)12-13-10-11-21-17-5-3-2-4-16(13)17/h2-9,13,20H,10-12H2,1H3. The van der Waals surface area contributed by atoms with Gasteiger partial charge in [-0.3, -0.25) is 0 Å². The first-order valence-electron chi connectivity index (χ1n) is 7.26. The zero-order valence-corrected chi connectivity index (χ0v) is 14.2. The predicted octanol–water partition coefficient (Wildman–Crippen LogP) is 4.46. The number of hydrogen-bond donors (Lipinski definition) is 1. The highest BCUT2D eigenvalue weighted by molar-refractivity contribution is 14.1. The Morgan fingerprint density at radius 1 is 1.19 bits per heavy atom. The number of benzene rings is 2. The van der Waals surface area contributed by atoms with Crippen LogP contribution in [-0.4, -0.2) is 11.7 Å². The molecule has 0 radical (unpaired) electrons. The van der Waals surface area contributed by atoms with Crippen LogP contribution in [0.4, 0.5) is 0 Å². The number of ether oxygens (including phenoxy) is 1. The monoisotopic (exact) mass is 394 g/mol. The molecule has 0 aliphatic carbocycles. The van der Waals surface area contributed by atoms with E-state index in [9.17, 15) is 5.11 Å². The maximum absolute atomic E-state index is 10.9. The molecule has 1 aliphatic rings. The smallest absolute Gasteiger partial charge is 0.122 e. The predicted molar refractivity (Wildman–Crippen MR) is 92.6 cm³/mol. The zero-order valence-electron chi connectivity index (χ0n) is 12.1. The summed E-state index contributed by atoms with van der Waals surface area (Å²) >= 11 is 2.28. The van der Waals surface area contributed by atoms with Gasteiger partial charge in [0.05, 0.1) is 12.2 Å². The van der Waals surface area contributed by atoms with Crippen molar-refractivity contribution in [1.29, 1.82) is 0 Å². The molecule has 0 saturated heterocycles. The molecule has 110 valence electrons. The second-order valence-corrected chi connectivity index (χ2v) is 7.10. The fourth-order valence-electron chi connectivity index (χ4n) is 3.03. The van der Waals surface area contributed by atoms with Crippen molar-refractivity contribution >= 4 is 22.6 Å². The van der Waals surface area contributed by atoms with Crippen LogP contribution in [0.25, 0.3) is 0 Å². The Bertz CT molecular complexity index is 619. The van der Waals surface area contributed by atoms with Crippen LogP contribution in [0.1, 0.15) is 36.8 Å². The first-order valence-corrected chi connectivity index (χ1v) is 8.34. The molecule has 2 nitrogen and oxygen atoms in total. The molecule has 2 unspecified atom stereocenters. The average molecular weight is 394 g/mol. The normalized spacial score (nSPS) is 20.2. The quantitative estimate of drug-likeness (QED) is 0.780. The van der Waals surface area contributed by atoms with E-state index in [1.54, 1.807) is 0 Å². The van der Waals surface area contributed by atoms with Crippen molar-refractivity contribution in [3.8, 4) is 5.75 Å². The molecule has 1 N–H and O–H groups in total. The van der Waals surface area contributed by atoms with E-state index in [2.05, 4.69) is 28.7 Å². The molecule has 21 heavy (non-hydrogen) atoms. The van der Waals surface area contributed by atoms with Crippen molar-refractivity contribution in [2.24, 2.45) is 0 Å². The van der Waals surface area contributed by atoms with Gasteiger partial charge in [-0.25, -0.2) is 0 Å². The van der Waals surface area contributed by atoms with Crippen molar-refractivity contribution in [1.82, 2.24) is 0 Å². The van der Waals surface area contributed by atoms with Crippen LogP contribution in [0.2, 0.25) is 0 Å². The maximum atomic E-state index is 10.9. The molecule has 0 saturated carbocycles. The van der Waals surface area contributed by atoms with Crippen LogP contribution < -0.4 is 4.74 Å². The summed E-state index contributed by atoms with van der Waals surface area (Å²) in [6, 6.07) is 16.3. The summed E-state index contributed by atoms with van der Waals surface area (Å²) in [5, 5.41) is 10.9. The van der Waals surface area contributed by atoms with Crippen LogP contribution in [0.5, 0.6) is 5.75 Å². The number of rotatable bonds is 3. The van der Waals surface area contributed by atoms with Gasteiger partial charge in [-0.2, -0.15) is 0 Å². The average Bonchev–Trinajstić information content (AvgIpc) is 2.48. The third kappa shape index (κ3) is 3.24. The van der Waals surface area contributed by atoms with Gasteiger partial charge in [0.2, 0.25) is 0 Å². The second kappa shape index (κ2) is 5.97. The van der Waals surface area contributed by atoms with E-state index < -0.39 is 5.60 Å². The van der Waals surface area contributed by atoms with Crippen LogP contribution in [0.15, 0.2) is 48.5 Å². The molecule has 2 aromatic carbocycles. The third-order valence-electron chi connectivity index (χ3n) is 4.19. The summed E-state index contributed by atoms with van der Waals surface area (Å²) in [5.74, 6) is 1.30. The van der Waals surface area contributed by atoms with Gasteiger partial charge in [-0.15, -0.1) is 0 Å². The van der Waals surface area contributed by atoms with Crippen molar-refractivity contribution in [3.05, 3.63) is 63.2 Å². The first-order chi connectivity index (χ1) is 10.1. The first kappa shape index (κ1) is 14.9. The fourth-order valence-corrected chi connectivity index (χ4v) is 3.39. The lowest BCUT2D eigenvalue weighted by Crippen LogP contribution is -2.27. The Labute approximate surface area is 139 Å². The topological polar surface area (TPSA) is 29.5 Å². The minimum atomic E-state index is -0.820. The Morgan fingerprint density at radius 2 is 1.90 bits per heavy atom. The minimum absolute atomic E-state index is 0.337. The van der Waals surface area contributed by atoms with Gasteiger partial charge < -0.3 is 9.84 Å². The molecule has 3 rings (SSSR count). The molecule has 0 amide bonds. The Balaban J connectivity index is 1.84. The van der Waals surface area contributed by atoms with E-state index in [4.69, 9.17) is 4.74 Å². The van der Waals surface area contributed by atoms with Gasteiger partial charge >= 0.3 is 0 Å². The molecule has 1 aliphatic heterocycles. The van der Waals surface area contributed by atoms with Crippen molar-refractivity contribution < 1.29 is 9.84 Å². The van der Waals surface area contributed by atoms with E-state index in [0.29, 0.717) is 12.3 Å². The molecular formula is C18H19IO2. The van der Waals surface area contributed by atoms with Gasteiger partial charge in [-0.1, -0.05) is 30.3 Å². The minimum Gasteiger partial charge on any atom is -0.493 e. The van der Waals surface area contributed by atoms with Crippen LogP contribution in [0, 0.1) is 3.57 Å².